The maximum Gasteiger partial charge on any atom is 0.416 e. The van der Waals surface area contributed by atoms with Crippen molar-refractivity contribution in [2.45, 2.75) is 72.4 Å². The van der Waals surface area contributed by atoms with Gasteiger partial charge in [-0.05, 0) is 76.4 Å². The van der Waals surface area contributed by atoms with Crippen LogP contribution >= 0.6 is 15.9 Å². The largest absolute Gasteiger partial charge is 0.490 e. The van der Waals surface area contributed by atoms with Crippen molar-refractivity contribution in [3.8, 4) is 17.2 Å². The van der Waals surface area contributed by atoms with Gasteiger partial charge in [0.2, 0.25) is 5.75 Å². The van der Waals surface area contributed by atoms with Crippen LogP contribution in [0.2, 0.25) is 0 Å². The normalized spacial score (nSPS) is 19.8. The highest BCUT2D eigenvalue weighted by Gasteiger charge is 2.46. The summed E-state index contributed by atoms with van der Waals surface area (Å²) >= 11 is 3.47. The quantitative estimate of drug-likeness (QED) is 0.241. The number of hydrogen-bond donors (Lipinski definition) is 1. The molecule has 5 rings (SSSR count). The molecular weight excluding hydrogens is 645 g/mol. The lowest BCUT2D eigenvalue weighted by atomic mass is 9.64. The molecule has 0 fully saturated rings. The molecule has 1 N–H and O–H groups in total. The number of ether oxygens (including phenoxy) is 2. The van der Waals surface area contributed by atoms with Gasteiger partial charge < -0.3 is 14.8 Å². The first-order valence-electron chi connectivity index (χ1n) is 14.2. The molecule has 0 saturated heterocycles. The lowest BCUT2D eigenvalue weighted by Crippen LogP contribution is -2.42. The summed E-state index contributed by atoms with van der Waals surface area (Å²) in [5, 5.41) is 15.2. The Hall–Kier alpha value is -3.67. The van der Waals surface area contributed by atoms with E-state index in [0.29, 0.717) is 54.5 Å². The Bertz CT molecular complexity index is 1610. The Morgan fingerprint density at radius 2 is 1.52 bits per heavy atom. The molecule has 0 radical (unpaired) electrons. The molecule has 0 spiro atoms. The Kier molecular flexibility index (Phi) is 7.97. The highest BCUT2D eigenvalue weighted by atomic mass is 79.9. The number of nitro groups is 1. The van der Waals surface area contributed by atoms with E-state index in [1.165, 1.54) is 0 Å². The monoisotopic (exact) mass is 676 g/mol. The van der Waals surface area contributed by atoms with Gasteiger partial charge in [-0.1, -0.05) is 27.7 Å². The van der Waals surface area contributed by atoms with Crippen molar-refractivity contribution in [3.63, 3.8) is 0 Å². The van der Waals surface area contributed by atoms with Crippen LogP contribution in [0.1, 0.15) is 77.3 Å². The van der Waals surface area contributed by atoms with Gasteiger partial charge in [-0.3, -0.25) is 19.7 Å². The topological polar surface area (TPSA) is 108 Å². The molecule has 0 saturated carbocycles. The van der Waals surface area contributed by atoms with Crippen LogP contribution < -0.4 is 14.8 Å². The number of alkyl halides is 3. The highest BCUT2D eigenvalue weighted by Crippen LogP contribution is 2.53. The van der Waals surface area contributed by atoms with Crippen LogP contribution in [0.5, 0.6) is 17.2 Å². The number of ketones is 2. The number of hydrogen-bond acceptors (Lipinski definition) is 7. The molecule has 234 valence electrons. The second kappa shape index (κ2) is 11.0. The second-order valence-corrected chi connectivity index (χ2v) is 13.9. The van der Waals surface area contributed by atoms with E-state index < -0.39 is 34.0 Å². The number of benzene rings is 2. The van der Waals surface area contributed by atoms with Crippen LogP contribution in [0, 0.1) is 20.9 Å². The third kappa shape index (κ3) is 6.00. The van der Waals surface area contributed by atoms with Crippen LogP contribution in [0.4, 0.5) is 18.9 Å². The third-order valence-electron chi connectivity index (χ3n) is 8.08. The Balaban J connectivity index is 1.66. The molecule has 0 unspecified atom stereocenters. The number of Topliss-reactive ketones (excluding diaryl/α,β-unsaturated/α-hetero) is 2. The van der Waals surface area contributed by atoms with E-state index in [1.807, 2.05) is 27.7 Å². The SMILES string of the molecule is CCOc1cc(C2C3=C(CC(C)(C)CC3=O)NC3=C2C(=O)CC(C)(C)C3)cc(Br)c1Oc1ccc(C(F)(F)F)cc1[N+](=O)[O-]. The number of nitro benzene ring substituents is 1. The average Bonchev–Trinajstić information content (AvgIpc) is 2.87. The summed E-state index contributed by atoms with van der Waals surface area (Å²) in [6, 6.07) is 5.31. The van der Waals surface area contributed by atoms with Crippen molar-refractivity contribution < 1.29 is 37.2 Å². The van der Waals surface area contributed by atoms with Crippen molar-refractivity contribution in [2.75, 3.05) is 6.61 Å². The number of carbonyl (C=O) groups is 2. The first-order chi connectivity index (χ1) is 20.4. The molecule has 0 atom stereocenters. The number of nitrogens with one attached hydrogen (secondary N) is 1. The molecule has 12 heteroatoms. The molecule has 1 heterocycles. The van der Waals surface area contributed by atoms with Crippen molar-refractivity contribution in [1.29, 1.82) is 0 Å². The standard InChI is InChI=1S/C32H32BrF3N2O6/c1-6-43-25-10-16(9-18(33)29(25)44-24-8-7-17(32(34,35)36)11-21(24)38(41)42)26-27-19(12-30(2,3)14-22(27)39)37-20-13-31(4,5)15-23(40)28(20)26/h7-11,26,37H,6,12-15H2,1-5H3. The fourth-order valence-electron chi connectivity index (χ4n) is 6.37. The van der Waals surface area contributed by atoms with E-state index in [2.05, 4.69) is 21.2 Å². The summed E-state index contributed by atoms with van der Waals surface area (Å²) in [4.78, 5) is 38.1. The zero-order valence-electron chi connectivity index (χ0n) is 24.9. The van der Waals surface area contributed by atoms with Gasteiger partial charge in [-0.25, -0.2) is 0 Å². The van der Waals surface area contributed by atoms with Gasteiger partial charge in [-0.15, -0.1) is 0 Å². The van der Waals surface area contributed by atoms with E-state index in [-0.39, 0.29) is 45.0 Å². The van der Waals surface area contributed by atoms with Gasteiger partial charge in [0.25, 0.3) is 0 Å². The second-order valence-electron chi connectivity index (χ2n) is 13.0. The molecule has 2 aromatic rings. The molecule has 44 heavy (non-hydrogen) atoms. The zero-order valence-corrected chi connectivity index (χ0v) is 26.5. The summed E-state index contributed by atoms with van der Waals surface area (Å²) in [7, 11) is 0. The molecule has 8 nitrogen and oxygen atoms in total. The predicted octanol–water partition coefficient (Wildman–Crippen LogP) is 8.54. The summed E-state index contributed by atoms with van der Waals surface area (Å²) < 4.78 is 51.8. The number of dihydropyridines is 1. The number of carbonyl (C=O) groups excluding carboxylic acids is 2. The first kappa shape index (κ1) is 31.7. The summed E-state index contributed by atoms with van der Waals surface area (Å²) in [6.45, 7) is 10.00. The van der Waals surface area contributed by atoms with Gasteiger partial charge in [-0.2, -0.15) is 13.2 Å². The van der Waals surface area contributed by atoms with Gasteiger partial charge in [0.05, 0.1) is 21.6 Å². The molecule has 1 aliphatic heterocycles. The minimum Gasteiger partial charge on any atom is -0.490 e. The first-order valence-corrected chi connectivity index (χ1v) is 15.0. The summed E-state index contributed by atoms with van der Waals surface area (Å²) in [6.07, 6.45) is -2.92. The van der Waals surface area contributed by atoms with Crippen LogP contribution in [0.3, 0.4) is 0 Å². The Morgan fingerprint density at radius 3 is 2.02 bits per heavy atom. The Labute approximate surface area is 261 Å². The molecule has 0 amide bonds. The molecular formula is C32H32BrF3N2O6. The number of rotatable bonds is 6. The van der Waals surface area contributed by atoms with Crippen molar-refractivity contribution in [2.24, 2.45) is 10.8 Å². The number of nitrogens with zero attached hydrogens (tertiary/aromatic N) is 1. The van der Waals surface area contributed by atoms with Gasteiger partial charge in [0.1, 0.15) is 0 Å². The molecule has 2 aliphatic carbocycles. The zero-order chi connectivity index (χ0) is 32.4. The fraction of sp³-hybridized carbons (Fsp3) is 0.438. The van der Waals surface area contributed by atoms with Crippen molar-refractivity contribution in [3.05, 3.63) is 78.6 Å². The summed E-state index contributed by atoms with van der Waals surface area (Å²) in [5.41, 5.74) is 0.607. The molecule has 3 aliphatic rings. The Morgan fingerprint density at radius 1 is 0.955 bits per heavy atom. The van der Waals surface area contributed by atoms with E-state index in [4.69, 9.17) is 9.47 Å². The maximum absolute atomic E-state index is 13.7. The van der Waals surface area contributed by atoms with Crippen molar-refractivity contribution in [1.82, 2.24) is 5.32 Å². The van der Waals surface area contributed by atoms with E-state index in [1.54, 1.807) is 19.1 Å². The van der Waals surface area contributed by atoms with Crippen LogP contribution in [0.15, 0.2) is 57.3 Å². The lowest BCUT2D eigenvalue weighted by molar-refractivity contribution is -0.385. The van der Waals surface area contributed by atoms with Gasteiger partial charge in [0.15, 0.2) is 23.1 Å². The maximum atomic E-state index is 13.7. The number of allylic oxidation sites excluding steroid dienone is 4. The minimum absolute atomic E-state index is 0.00278. The highest BCUT2D eigenvalue weighted by molar-refractivity contribution is 9.10. The van der Waals surface area contributed by atoms with Crippen molar-refractivity contribution >= 4 is 33.2 Å². The van der Waals surface area contributed by atoms with Crippen LogP contribution in [0.25, 0.3) is 0 Å². The van der Waals surface area contributed by atoms with E-state index >= 15 is 0 Å². The third-order valence-corrected chi connectivity index (χ3v) is 8.67. The fourth-order valence-corrected chi connectivity index (χ4v) is 6.91. The van der Waals surface area contributed by atoms with E-state index in [0.717, 1.165) is 17.5 Å². The predicted molar refractivity (Wildman–Crippen MR) is 159 cm³/mol. The number of halogens is 4. The smallest absolute Gasteiger partial charge is 0.416 e. The summed E-state index contributed by atoms with van der Waals surface area (Å²) in [5.74, 6) is -1.08. The van der Waals surface area contributed by atoms with Gasteiger partial charge >= 0.3 is 11.9 Å². The van der Waals surface area contributed by atoms with Crippen LogP contribution in [-0.2, 0) is 15.8 Å². The average molecular weight is 678 g/mol. The molecule has 0 aromatic heterocycles. The lowest BCUT2D eigenvalue weighted by Gasteiger charge is -2.44. The molecule has 2 aromatic carbocycles. The van der Waals surface area contributed by atoms with E-state index in [9.17, 15) is 32.9 Å². The van der Waals surface area contributed by atoms with Gasteiger partial charge in [0, 0.05) is 47.4 Å². The molecule has 0 bridgehead atoms. The minimum atomic E-state index is -4.78. The van der Waals surface area contributed by atoms with Crippen LogP contribution in [-0.4, -0.2) is 23.1 Å².